The van der Waals surface area contributed by atoms with Crippen molar-refractivity contribution in [2.45, 2.75) is 13.0 Å². The lowest BCUT2D eigenvalue weighted by atomic mass is 9.93. The molecular weight excluding hydrogens is 590 g/mol. The molecule has 0 amide bonds. The Balaban J connectivity index is 1.80. The van der Waals surface area contributed by atoms with Crippen molar-refractivity contribution in [2.75, 3.05) is 32.7 Å². The maximum atomic E-state index is 14.0. The van der Waals surface area contributed by atoms with Crippen molar-refractivity contribution in [2.24, 2.45) is 4.99 Å². The molecule has 0 radical (unpaired) electrons. The fourth-order valence-corrected chi connectivity index (χ4v) is 6.45. The van der Waals surface area contributed by atoms with Crippen LogP contribution in [0.5, 0.6) is 5.75 Å². The van der Waals surface area contributed by atoms with Gasteiger partial charge < -0.3 is 14.4 Å². The lowest BCUT2D eigenvalue weighted by Crippen LogP contribution is -2.40. The predicted octanol–water partition coefficient (Wildman–Crippen LogP) is 4.77. The van der Waals surface area contributed by atoms with Crippen molar-refractivity contribution in [1.29, 1.82) is 0 Å². The molecule has 40 heavy (non-hydrogen) atoms. The quantitative estimate of drug-likeness (QED) is 0.279. The summed E-state index contributed by atoms with van der Waals surface area (Å²) >= 11 is 4.92. The first-order valence-corrected chi connectivity index (χ1v) is 14.3. The highest BCUT2D eigenvalue weighted by Gasteiger charge is 2.35. The van der Waals surface area contributed by atoms with E-state index in [0.717, 1.165) is 26.9 Å². The van der Waals surface area contributed by atoms with E-state index in [-0.39, 0.29) is 12.2 Å². The van der Waals surface area contributed by atoms with E-state index >= 15 is 0 Å². The van der Waals surface area contributed by atoms with E-state index in [4.69, 9.17) is 14.5 Å². The molecule has 1 aliphatic rings. The number of esters is 1. The standard InChI is InChI=1S/C31H28BrN3O4S/c1-5-39-30(37)26-27(20-10-7-6-8-11-20)33-31-35(28(26)21-12-9-13-22(18-21)38-4)29(36)25(40-31)17-19-14-15-24(34(2)3)23(32)16-19/h6-18,28H,5H2,1-4H3/b25-17-/t28-/m0/s1. The van der Waals surface area contributed by atoms with Crippen LogP contribution in [-0.2, 0) is 9.53 Å². The molecule has 0 aliphatic carbocycles. The first kappa shape index (κ1) is 27.6. The van der Waals surface area contributed by atoms with Crippen LogP contribution in [0.25, 0.3) is 11.8 Å². The topological polar surface area (TPSA) is 73.1 Å². The van der Waals surface area contributed by atoms with Crippen molar-refractivity contribution >= 4 is 50.7 Å². The predicted molar refractivity (Wildman–Crippen MR) is 163 cm³/mol. The zero-order valence-electron chi connectivity index (χ0n) is 22.6. The summed E-state index contributed by atoms with van der Waals surface area (Å²) in [5, 5.41) is 0. The average molecular weight is 619 g/mol. The number of thiazole rings is 1. The molecule has 204 valence electrons. The number of nitrogens with zero attached hydrogens (tertiary/aromatic N) is 3. The molecule has 9 heteroatoms. The Kier molecular flexibility index (Phi) is 8.04. The second-order valence-corrected chi connectivity index (χ2v) is 11.2. The van der Waals surface area contributed by atoms with Gasteiger partial charge in [-0.2, -0.15) is 0 Å². The average Bonchev–Trinajstić information content (AvgIpc) is 3.26. The molecule has 1 aromatic heterocycles. The fraction of sp³-hybridized carbons (Fsp3) is 0.194. The van der Waals surface area contributed by atoms with E-state index in [1.54, 1.807) is 18.6 Å². The number of rotatable bonds is 7. The van der Waals surface area contributed by atoms with Crippen molar-refractivity contribution < 1.29 is 14.3 Å². The van der Waals surface area contributed by atoms with E-state index in [9.17, 15) is 9.59 Å². The SMILES string of the molecule is CCOC(=O)C1=C(c2ccccc2)N=c2s/c(=C\c3ccc(N(C)C)c(Br)c3)c(=O)n2[C@H]1c1cccc(OC)c1. The summed E-state index contributed by atoms with van der Waals surface area (Å²) in [6.07, 6.45) is 1.85. The van der Waals surface area contributed by atoms with Gasteiger partial charge in [-0.05, 0) is 64.3 Å². The fourth-order valence-electron chi connectivity index (χ4n) is 4.69. The minimum absolute atomic E-state index is 0.192. The Morgan fingerprint density at radius 1 is 1.10 bits per heavy atom. The third kappa shape index (κ3) is 5.26. The number of halogens is 1. The molecule has 0 saturated carbocycles. The molecule has 5 rings (SSSR count). The smallest absolute Gasteiger partial charge is 0.338 e. The minimum Gasteiger partial charge on any atom is -0.497 e. The number of fused-ring (bicyclic) bond motifs is 1. The molecular formula is C31H28BrN3O4S. The third-order valence-corrected chi connectivity index (χ3v) is 8.15. The summed E-state index contributed by atoms with van der Waals surface area (Å²) in [5.41, 5.74) is 3.93. The molecule has 1 aliphatic heterocycles. The van der Waals surface area contributed by atoms with Crippen LogP contribution in [0, 0.1) is 0 Å². The van der Waals surface area contributed by atoms with E-state index in [2.05, 4.69) is 15.9 Å². The largest absolute Gasteiger partial charge is 0.497 e. The highest BCUT2D eigenvalue weighted by atomic mass is 79.9. The highest BCUT2D eigenvalue weighted by molar-refractivity contribution is 9.10. The highest BCUT2D eigenvalue weighted by Crippen LogP contribution is 2.36. The Hall–Kier alpha value is -3.95. The first-order chi connectivity index (χ1) is 19.3. The summed E-state index contributed by atoms with van der Waals surface area (Å²) in [5.74, 6) is 0.0994. The number of carbonyl (C=O) groups excluding carboxylic acids is 1. The second-order valence-electron chi connectivity index (χ2n) is 9.31. The maximum Gasteiger partial charge on any atom is 0.338 e. The number of hydrogen-bond donors (Lipinski definition) is 0. The maximum absolute atomic E-state index is 14.0. The van der Waals surface area contributed by atoms with Crippen molar-refractivity contribution in [3.8, 4) is 5.75 Å². The van der Waals surface area contributed by atoms with Gasteiger partial charge in [-0.1, -0.05) is 59.9 Å². The van der Waals surface area contributed by atoms with Crippen LogP contribution in [0.1, 0.15) is 29.7 Å². The number of hydrogen-bond acceptors (Lipinski definition) is 7. The van der Waals surface area contributed by atoms with Crippen molar-refractivity contribution in [3.63, 3.8) is 0 Å². The van der Waals surface area contributed by atoms with E-state index in [1.807, 2.05) is 97.9 Å². The van der Waals surface area contributed by atoms with Gasteiger partial charge in [0.1, 0.15) is 5.75 Å². The Labute approximate surface area is 244 Å². The zero-order valence-corrected chi connectivity index (χ0v) is 25.0. The second kappa shape index (κ2) is 11.7. The van der Waals surface area contributed by atoms with Crippen LogP contribution in [0.3, 0.4) is 0 Å². The molecule has 3 aromatic carbocycles. The van der Waals surface area contributed by atoms with Crippen LogP contribution in [0.4, 0.5) is 5.69 Å². The Morgan fingerprint density at radius 2 is 1.88 bits per heavy atom. The molecule has 1 atom stereocenters. The van der Waals surface area contributed by atoms with Gasteiger partial charge in [0.2, 0.25) is 0 Å². The van der Waals surface area contributed by atoms with E-state index in [0.29, 0.717) is 26.4 Å². The van der Waals surface area contributed by atoms with Gasteiger partial charge in [0.15, 0.2) is 4.80 Å². The molecule has 2 heterocycles. The van der Waals surface area contributed by atoms with Crippen LogP contribution in [-0.4, -0.2) is 38.3 Å². The van der Waals surface area contributed by atoms with E-state index < -0.39 is 12.0 Å². The lowest BCUT2D eigenvalue weighted by Gasteiger charge is -2.26. The number of benzene rings is 3. The van der Waals surface area contributed by atoms with E-state index in [1.165, 1.54) is 11.3 Å². The molecule has 0 N–H and O–H groups in total. The number of aromatic nitrogens is 1. The first-order valence-electron chi connectivity index (χ1n) is 12.7. The van der Waals surface area contributed by atoms with Gasteiger partial charge in [0.05, 0.1) is 41.2 Å². The lowest BCUT2D eigenvalue weighted by molar-refractivity contribution is -0.138. The minimum atomic E-state index is -0.759. The van der Waals surface area contributed by atoms with Crippen LogP contribution in [0.15, 0.2) is 92.6 Å². The van der Waals surface area contributed by atoms with Gasteiger partial charge >= 0.3 is 5.97 Å². The molecule has 0 fully saturated rings. The van der Waals surface area contributed by atoms with Gasteiger partial charge in [-0.3, -0.25) is 9.36 Å². The molecule has 7 nitrogen and oxygen atoms in total. The van der Waals surface area contributed by atoms with Crippen LogP contribution >= 0.6 is 27.3 Å². The molecule has 0 spiro atoms. The number of methoxy groups -OCH3 is 1. The van der Waals surface area contributed by atoms with Crippen molar-refractivity contribution in [3.05, 3.63) is 119 Å². The van der Waals surface area contributed by atoms with Gasteiger partial charge in [-0.25, -0.2) is 9.79 Å². The Morgan fingerprint density at radius 3 is 2.55 bits per heavy atom. The third-order valence-electron chi connectivity index (χ3n) is 6.53. The van der Waals surface area contributed by atoms with Crippen LogP contribution < -0.4 is 24.5 Å². The molecule has 0 saturated heterocycles. The number of ether oxygens (including phenoxy) is 2. The summed E-state index contributed by atoms with van der Waals surface area (Å²) in [6, 6.07) is 22.1. The van der Waals surface area contributed by atoms with Gasteiger partial charge in [0, 0.05) is 24.1 Å². The number of anilines is 1. The van der Waals surface area contributed by atoms with Gasteiger partial charge in [0.25, 0.3) is 5.56 Å². The summed E-state index contributed by atoms with van der Waals surface area (Å²) in [4.78, 5) is 35.0. The molecule has 0 bridgehead atoms. The normalized spacial score (nSPS) is 14.9. The Bertz CT molecular complexity index is 1790. The molecule has 4 aromatic rings. The van der Waals surface area contributed by atoms with Crippen molar-refractivity contribution in [1.82, 2.24) is 4.57 Å². The summed E-state index contributed by atoms with van der Waals surface area (Å²) in [6.45, 7) is 1.95. The number of carbonyl (C=O) groups is 1. The van der Waals surface area contributed by atoms with Crippen LogP contribution in [0.2, 0.25) is 0 Å². The summed E-state index contributed by atoms with van der Waals surface area (Å²) < 4.78 is 14.0. The summed E-state index contributed by atoms with van der Waals surface area (Å²) in [7, 11) is 5.53. The monoisotopic (exact) mass is 617 g/mol. The zero-order chi connectivity index (χ0) is 28.4. The van der Waals surface area contributed by atoms with Gasteiger partial charge in [-0.15, -0.1) is 0 Å². The molecule has 0 unspecified atom stereocenters.